The molecule has 2 aliphatic rings. The van der Waals surface area contributed by atoms with Crippen LogP contribution in [-0.4, -0.2) is 47.0 Å². The number of aliphatic imine (C=N–C) groups is 1. The first-order valence-electron chi connectivity index (χ1n) is 10.4. The van der Waals surface area contributed by atoms with Crippen molar-refractivity contribution in [2.75, 3.05) is 25.0 Å². The zero-order chi connectivity index (χ0) is 21.8. The number of piperazine rings is 1. The fourth-order valence-electron chi connectivity index (χ4n) is 4.24. The number of benzene rings is 2. The molecule has 0 aromatic heterocycles. The third-order valence-electron chi connectivity index (χ3n) is 6.09. The molecule has 2 N–H and O–H groups in total. The number of hydrogen-bond acceptors (Lipinski definition) is 3. The molecule has 1 saturated heterocycles. The summed E-state index contributed by atoms with van der Waals surface area (Å²) in [4.78, 5) is 21.8. The number of hydrogen-bond donors (Lipinski definition) is 2. The highest BCUT2D eigenvalue weighted by molar-refractivity contribution is 6.30. The van der Waals surface area contributed by atoms with E-state index in [1.54, 1.807) is 24.3 Å². The number of nitrogens with one attached hydrogen (secondary N) is 2. The van der Waals surface area contributed by atoms with Gasteiger partial charge in [-0.1, -0.05) is 29.8 Å². The first-order chi connectivity index (χ1) is 15.0. The summed E-state index contributed by atoms with van der Waals surface area (Å²) in [7, 11) is 0. The van der Waals surface area contributed by atoms with Gasteiger partial charge in [0.25, 0.3) is 0 Å². The van der Waals surface area contributed by atoms with Gasteiger partial charge in [-0.2, -0.15) is 5.26 Å². The van der Waals surface area contributed by atoms with Crippen LogP contribution in [0.2, 0.25) is 5.02 Å². The van der Waals surface area contributed by atoms with E-state index < -0.39 is 0 Å². The van der Waals surface area contributed by atoms with Crippen LogP contribution in [0, 0.1) is 18.4 Å². The van der Waals surface area contributed by atoms with Gasteiger partial charge in [-0.05, 0) is 62.1 Å². The molecule has 2 aromatic rings. The van der Waals surface area contributed by atoms with E-state index in [2.05, 4.69) is 15.5 Å². The number of urea groups is 1. The Balaban J connectivity index is 1.52. The number of nitrogens with zero attached hydrogens (tertiary/aromatic N) is 4. The van der Waals surface area contributed by atoms with Gasteiger partial charge in [0.2, 0.25) is 5.96 Å². The highest BCUT2D eigenvalue weighted by Crippen LogP contribution is 2.41. The van der Waals surface area contributed by atoms with Gasteiger partial charge in [-0.3, -0.25) is 5.32 Å². The smallest absolute Gasteiger partial charge is 0.322 e. The molecule has 160 valence electrons. The normalized spacial score (nSPS) is 17.6. The zero-order valence-electron chi connectivity index (χ0n) is 17.4. The molecule has 7 nitrogen and oxygen atoms in total. The molecule has 0 bridgehead atoms. The van der Waals surface area contributed by atoms with Crippen molar-refractivity contribution in [1.29, 1.82) is 5.26 Å². The number of para-hydroxylation sites is 1. The lowest BCUT2D eigenvalue weighted by Gasteiger charge is -2.55. The Kier molecular flexibility index (Phi) is 6.01. The lowest BCUT2D eigenvalue weighted by atomic mass is 9.74. The monoisotopic (exact) mass is 436 g/mol. The van der Waals surface area contributed by atoms with Crippen LogP contribution in [0.25, 0.3) is 0 Å². The van der Waals surface area contributed by atoms with Crippen molar-refractivity contribution in [1.82, 2.24) is 15.1 Å². The van der Waals surface area contributed by atoms with Gasteiger partial charge in [0, 0.05) is 30.3 Å². The molecular weight excluding hydrogens is 412 g/mol. The molecule has 8 heteroatoms. The molecule has 1 saturated carbocycles. The quantitative estimate of drug-likeness (QED) is 0.314. The summed E-state index contributed by atoms with van der Waals surface area (Å²) in [5, 5.41) is 15.7. The van der Waals surface area contributed by atoms with Crippen LogP contribution in [0.1, 0.15) is 24.8 Å². The number of anilines is 1. The minimum atomic E-state index is -0.252. The molecule has 0 atom stereocenters. The summed E-state index contributed by atoms with van der Waals surface area (Å²) in [5.41, 5.74) is 2.34. The molecule has 2 amide bonds. The second kappa shape index (κ2) is 8.86. The minimum absolute atomic E-state index is 0.104. The Hall–Kier alpha value is -3.24. The largest absolute Gasteiger partial charge is 0.338 e. The third kappa shape index (κ3) is 4.44. The van der Waals surface area contributed by atoms with Crippen molar-refractivity contribution >= 4 is 35.0 Å². The van der Waals surface area contributed by atoms with E-state index in [1.165, 1.54) is 0 Å². The second-order valence-corrected chi connectivity index (χ2v) is 8.48. The van der Waals surface area contributed by atoms with Gasteiger partial charge >= 0.3 is 6.03 Å². The fraction of sp³-hybridized carbons (Fsp3) is 0.348. The maximum Gasteiger partial charge on any atom is 0.322 e. The first-order valence-corrected chi connectivity index (χ1v) is 10.8. The molecule has 1 heterocycles. The van der Waals surface area contributed by atoms with Crippen LogP contribution in [0.5, 0.6) is 0 Å². The summed E-state index contributed by atoms with van der Waals surface area (Å²) < 4.78 is 0. The number of guanidine groups is 1. The summed E-state index contributed by atoms with van der Waals surface area (Å²) in [6.45, 7) is 3.78. The topological polar surface area (TPSA) is 83.8 Å². The molecule has 4 rings (SSSR count). The molecule has 0 unspecified atom stereocenters. The number of amides is 2. The van der Waals surface area contributed by atoms with Gasteiger partial charge in [0.1, 0.15) is 0 Å². The van der Waals surface area contributed by atoms with Gasteiger partial charge in [0.05, 0.1) is 11.2 Å². The lowest BCUT2D eigenvalue weighted by Crippen LogP contribution is -2.69. The summed E-state index contributed by atoms with van der Waals surface area (Å²) >= 11 is 5.94. The SMILES string of the molecule is Cc1ccccc1N=C(NC#N)N1CCN(C(=O)Nc2ccc(Cl)cc2)C2(CCC2)C1. The van der Waals surface area contributed by atoms with Crippen LogP contribution in [0.3, 0.4) is 0 Å². The summed E-state index contributed by atoms with van der Waals surface area (Å²) in [5.74, 6) is 0.529. The molecule has 2 aromatic carbocycles. The molecule has 31 heavy (non-hydrogen) atoms. The summed E-state index contributed by atoms with van der Waals surface area (Å²) in [6, 6.07) is 14.8. The van der Waals surface area contributed by atoms with Crippen molar-refractivity contribution in [2.24, 2.45) is 4.99 Å². The minimum Gasteiger partial charge on any atom is -0.338 e. The lowest BCUT2D eigenvalue weighted by molar-refractivity contribution is -0.0000855. The first kappa shape index (κ1) is 21.0. The standard InChI is InChI=1S/C23H25ClN6O/c1-17-5-2-3-6-20(17)28-21(26-16-25)29-13-14-30(23(15-29)11-4-12-23)22(31)27-19-9-7-18(24)8-10-19/h2-3,5-10H,4,11-15H2,1H3,(H,26,28)(H,27,31). The number of carbonyl (C=O) groups is 1. The molecule has 1 aliphatic carbocycles. The highest BCUT2D eigenvalue weighted by Gasteiger charge is 2.49. The van der Waals surface area contributed by atoms with Crippen LogP contribution >= 0.6 is 11.6 Å². The highest BCUT2D eigenvalue weighted by atomic mass is 35.5. The predicted molar refractivity (Wildman–Crippen MR) is 122 cm³/mol. The Morgan fingerprint density at radius 2 is 1.90 bits per heavy atom. The maximum absolute atomic E-state index is 13.1. The van der Waals surface area contributed by atoms with Crippen molar-refractivity contribution in [3.8, 4) is 6.19 Å². The maximum atomic E-state index is 13.1. The van der Waals surface area contributed by atoms with E-state index in [0.29, 0.717) is 30.6 Å². The number of halogens is 1. The number of aryl methyl sites for hydroxylation is 1. The van der Waals surface area contributed by atoms with Gasteiger partial charge < -0.3 is 15.1 Å². The second-order valence-electron chi connectivity index (χ2n) is 8.05. The Bertz CT molecular complexity index is 1030. The summed E-state index contributed by atoms with van der Waals surface area (Å²) in [6.07, 6.45) is 4.96. The molecule has 1 aliphatic heterocycles. The number of carbonyl (C=O) groups excluding carboxylic acids is 1. The van der Waals surface area contributed by atoms with E-state index in [4.69, 9.17) is 16.6 Å². The van der Waals surface area contributed by atoms with E-state index in [1.807, 2.05) is 42.3 Å². The predicted octanol–water partition coefficient (Wildman–Crippen LogP) is 4.48. The molecule has 0 radical (unpaired) electrons. The van der Waals surface area contributed by atoms with E-state index in [0.717, 1.165) is 36.2 Å². The average molecular weight is 437 g/mol. The average Bonchev–Trinajstić information content (AvgIpc) is 2.75. The van der Waals surface area contributed by atoms with E-state index in [-0.39, 0.29) is 11.6 Å². The van der Waals surface area contributed by atoms with Crippen LogP contribution in [0.4, 0.5) is 16.2 Å². The van der Waals surface area contributed by atoms with Gasteiger partial charge in [0.15, 0.2) is 6.19 Å². The Morgan fingerprint density at radius 3 is 2.55 bits per heavy atom. The number of nitriles is 1. The van der Waals surface area contributed by atoms with Gasteiger partial charge in [-0.15, -0.1) is 0 Å². The zero-order valence-corrected chi connectivity index (χ0v) is 18.2. The number of rotatable bonds is 2. The van der Waals surface area contributed by atoms with Crippen molar-refractivity contribution in [2.45, 2.75) is 31.7 Å². The van der Waals surface area contributed by atoms with Crippen molar-refractivity contribution in [3.63, 3.8) is 0 Å². The van der Waals surface area contributed by atoms with E-state index in [9.17, 15) is 10.1 Å². The van der Waals surface area contributed by atoms with Crippen molar-refractivity contribution in [3.05, 3.63) is 59.1 Å². The molecule has 1 spiro atoms. The van der Waals surface area contributed by atoms with Crippen LogP contribution in [0.15, 0.2) is 53.5 Å². The van der Waals surface area contributed by atoms with Gasteiger partial charge in [-0.25, -0.2) is 9.79 Å². The molecular formula is C23H25ClN6O. The van der Waals surface area contributed by atoms with Crippen LogP contribution in [-0.2, 0) is 0 Å². The van der Waals surface area contributed by atoms with E-state index >= 15 is 0 Å². The van der Waals surface area contributed by atoms with Crippen molar-refractivity contribution < 1.29 is 4.79 Å². The third-order valence-corrected chi connectivity index (χ3v) is 6.34. The van der Waals surface area contributed by atoms with Crippen LogP contribution < -0.4 is 10.6 Å². The Morgan fingerprint density at radius 1 is 1.16 bits per heavy atom. The Labute approximate surface area is 187 Å². The molecule has 2 fully saturated rings. The fourth-order valence-corrected chi connectivity index (χ4v) is 4.37.